The van der Waals surface area contributed by atoms with E-state index in [4.69, 9.17) is 4.74 Å². The lowest BCUT2D eigenvalue weighted by atomic mass is 9.89. The summed E-state index contributed by atoms with van der Waals surface area (Å²) in [6.45, 7) is -0.715. The van der Waals surface area contributed by atoms with Crippen LogP contribution >= 0.6 is 0 Å². The summed E-state index contributed by atoms with van der Waals surface area (Å²) in [5, 5.41) is 50.2. The molecule has 5 N–H and O–H groups in total. The monoisotopic (exact) mass is 584 g/mol. The summed E-state index contributed by atoms with van der Waals surface area (Å²) >= 11 is 0. The Balaban J connectivity index is 2.90. The van der Waals surface area contributed by atoms with Crippen molar-refractivity contribution in [3.63, 3.8) is 0 Å². The van der Waals surface area contributed by atoms with E-state index in [-0.39, 0.29) is 0 Å². The average molecular weight is 584 g/mol. The van der Waals surface area contributed by atoms with Gasteiger partial charge in [-0.25, -0.2) is 38.7 Å². The van der Waals surface area contributed by atoms with Crippen molar-refractivity contribution in [3.05, 3.63) is 0 Å². The molecule has 0 spiro atoms. The van der Waals surface area contributed by atoms with Crippen molar-refractivity contribution < 1.29 is 97.6 Å². The lowest BCUT2D eigenvalue weighted by molar-refractivity contribution is -0.376. The Morgan fingerprint density at radius 2 is 1.30 bits per heavy atom. The Morgan fingerprint density at radius 3 is 1.82 bits per heavy atom. The number of ether oxygens (including phenoxy) is 3. The largest absolute Gasteiger partial charge is 0.453 e. The van der Waals surface area contributed by atoms with Crippen LogP contribution in [0.3, 0.4) is 0 Å². The highest BCUT2D eigenvalue weighted by Crippen LogP contribution is 2.33. The van der Waals surface area contributed by atoms with E-state index < -0.39 is 110 Å². The Bertz CT molecular complexity index is 1020. The number of carbonyl (C=O) groups excluding carboxylic acids is 8. The molecule has 1 aliphatic rings. The molecule has 0 bridgehead atoms. The van der Waals surface area contributed by atoms with Crippen LogP contribution in [0.4, 0.5) is 0 Å². The van der Waals surface area contributed by atoms with E-state index in [1.807, 2.05) is 0 Å². The molecule has 0 aromatic carbocycles. The molecule has 224 valence electrons. The minimum absolute atomic E-state index is 0.719. The highest BCUT2D eigenvalue weighted by atomic mass is 17.2. The van der Waals surface area contributed by atoms with Crippen LogP contribution in [0.1, 0.15) is 26.7 Å². The fourth-order valence-corrected chi connectivity index (χ4v) is 2.65. The molecular formula is C20H24O20. The van der Waals surface area contributed by atoms with Gasteiger partial charge in [0, 0.05) is 13.8 Å². The average Bonchev–Trinajstić information content (AvgIpc) is 2.91. The molecule has 40 heavy (non-hydrogen) atoms. The highest BCUT2D eigenvalue weighted by molar-refractivity contribution is 6.32. The zero-order valence-corrected chi connectivity index (χ0v) is 20.6. The lowest BCUT2D eigenvalue weighted by Gasteiger charge is -2.46. The summed E-state index contributed by atoms with van der Waals surface area (Å²) < 4.78 is 13.9. The first-order valence-electron chi connectivity index (χ1n) is 10.8. The Labute approximate surface area is 222 Å². The summed E-state index contributed by atoms with van der Waals surface area (Å²) in [5.74, 6) is -15.3. The van der Waals surface area contributed by atoms with E-state index in [9.17, 15) is 63.9 Å². The predicted molar refractivity (Wildman–Crippen MR) is 111 cm³/mol. The second-order valence-corrected chi connectivity index (χ2v) is 7.76. The lowest BCUT2D eigenvalue weighted by Crippen LogP contribution is -2.71. The summed E-state index contributed by atoms with van der Waals surface area (Å²) in [4.78, 5) is 107. The topological polar surface area (TPSA) is 302 Å². The number of ketones is 2. The van der Waals surface area contributed by atoms with Gasteiger partial charge in [-0.1, -0.05) is 0 Å². The van der Waals surface area contributed by atoms with Gasteiger partial charge in [-0.3, -0.25) is 19.2 Å². The normalized spacial score (nSPS) is 24.5. The molecule has 0 aliphatic carbocycles. The number of aliphatic hydroxyl groups excluding tert-OH is 4. The summed E-state index contributed by atoms with van der Waals surface area (Å²) in [5.41, 5.74) is 0. The smallest absolute Gasteiger partial charge is 0.421 e. The maximum absolute atomic E-state index is 12.5. The third-order valence-electron chi connectivity index (χ3n) is 4.71. The van der Waals surface area contributed by atoms with Gasteiger partial charge in [0.25, 0.3) is 6.10 Å². The molecule has 0 amide bonds. The zero-order valence-electron chi connectivity index (χ0n) is 20.6. The SMILES string of the molecule is CC(=O)C(=O)OOC(=O)COC(=O)CCC(=O)OC(C(=O)OOC(=O)C(C)=O)C1(O)O[C@H](CO)[C@@H](O)[C@H](O)[C@H]1O. The van der Waals surface area contributed by atoms with Crippen LogP contribution in [0.5, 0.6) is 0 Å². The number of hydrogen-bond acceptors (Lipinski definition) is 20. The van der Waals surface area contributed by atoms with Crippen molar-refractivity contribution >= 4 is 47.4 Å². The zero-order chi connectivity index (χ0) is 30.8. The minimum atomic E-state index is -3.47. The molecule has 1 aliphatic heterocycles. The number of Topliss-reactive ketones (excluding diaryl/α,β-unsaturated/α-hetero) is 2. The maximum atomic E-state index is 12.5. The Kier molecular flexibility index (Phi) is 12.6. The van der Waals surface area contributed by atoms with Crippen molar-refractivity contribution in [2.24, 2.45) is 0 Å². The van der Waals surface area contributed by atoms with Crippen molar-refractivity contribution in [1.82, 2.24) is 0 Å². The van der Waals surface area contributed by atoms with Crippen molar-refractivity contribution in [3.8, 4) is 0 Å². The number of rotatable bonds is 11. The number of carbonyl (C=O) groups is 8. The van der Waals surface area contributed by atoms with Crippen LogP contribution in [0, 0.1) is 0 Å². The Hall–Kier alpha value is -4.08. The summed E-state index contributed by atoms with van der Waals surface area (Å²) in [6, 6.07) is 0. The second-order valence-electron chi connectivity index (χ2n) is 7.76. The second kappa shape index (κ2) is 14.9. The van der Waals surface area contributed by atoms with Crippen molar-refractivity contribution in [2.75, 3.05) is 13.2 Å². The van der Waals surface area contributed by atoms with E-state index in [0.717, 1.165) is 13.8 Å². The molecule has 20 nitrogen and oxygen atoms in total. The molecular weight excluding hydrogens is 560 g/mol. The molecule has 2 unspecified atom stereocenters. The van der Waals surface area contributed by atoms with Gasteiger partial charge in [0.05, 0.1) is 19.4 Å². The number of esters is 2. The predicted octanol–water partition coefficient (Wildman–Crippen LogP) is -5.44. The fourth-order valence-electron chi connectivity index (χ4n) is 2.65. The quantitative estimate of drug-likeness (QED) is 0.0654. The molecule has 6 atom stereocenters. The van der Waals surface area contributed by atoms with Crippen LogP contribution in [-0.4, -0.2) is 122 Å². The summed E-state index contributed by atoms with van der Waals surface area (Å²) in [7, 11) is 0. The van der Waals surface area contributed by atoms with Gasteiger partial charge in [-0.05, 0) is 0 Å². The fraction of sp³-hybridized carbons (Fsp3) is 0.600. The van der Waals surface area contributed by atoms with E-state index in [0.29, 0.717) is 0 Å². The van der Waals surface area contributed by atoms with Crippen LogP contribution in [0.15, 0.2) is 0 Å². The van der Waals surface area contributed by atoms with E-state index in [1.54, 1.807) is 0 Å². The molecule has 20 heteroatoms. The van der Waals surface area contributed by atoms with E-state index in [2.05, 4.69) is 29.0 Å². The van der Waals surface area contributed by atoms with Crippen molar-refractivity contribution in [1.29, 1.82) is 0 Å². The Morgan fingerprint density at radius 1 is 0.775 bits per heavy atom. The highest BCUT2D eigenvalue weighted by Gasteiger charge is 2.61. The minimum Gasteiger partial charge on any atom is -0.453 e. The molecule has 1 saturated heterocycles. The molecule has 0 aromatic rings. The molecule has 1 rings (SSSR count). The van der Waals surface area contributed by atoms with Crippen LogP contribution < -0.4 is 0 Å². The number of aliphatic hydroxyl groups is 5. The third-order valence-corrected chi connectivity index (χ3v) is 4.71. The first kappa shape index (κ1) is 33.9. The van der Waals surface area contributed by atoms with E-state index >= 15 is 0 Å². The molecule has 0 saturated carbocycles. The molecule has 0 radical (unpaired) electrons. The van der Waals surface area contributed by atoms with E-state index in [1.165, 1.54) is 0 Å². The van der Waals surface area contributed by atoms with Gasteiger partial charge in [0.2, 0.25) is 17.4 Å². The first-order valence-corrected chi connectivity index (χ1v) is 10.8. The van der Waals surface area contributed by atoms with Gasteiger partial charge in [0.1, 0.15) is 24.4 Å². The van der Waals surface area contributed by atoms with Gasteiger partial charge < -0.3 is 39.7 Å². The third kappa shape index (κ3) is 9.29. The standard InChI is InChI=1S/C20H24O20/c1-7(22)17(30)38-37-12(26)6-34-10(24)3-4-11(25)35-16(19(32)40-39-18(31)8(2)23)20(33)15(29)14(28)13(27)9(5-21)36-20/h9,13-16,21,27-29,33H,3-6H2,1-2H3/t9-,13-,14+,15-,16?,20?/m1/s1. The summed E-state index contributed by atoms with van der Waals surface area (Å²) in [6.07, 6.45) is -13.5. The van der Waals surface area contributed by atoms with Gasteiger partial charge in [-0.2, -0.15) is 0 Å². The first-order chi connectivity index (χ1) is 18.5. The molecule has 1 heterocycles. The van der Waals surface area contributed by atoms with Crippen LogP contribution in [0.2, 0.25) is 0 Å². The van der Waals surface area contributed by atoms with Gasteiger partial charge >= 0.3 is 35.8 Å². The molecule has 1 fully saturated rings. The van der Waals surface area contributed by atoms with Gasteiger partial charge in [0.15, 0.2) is 6.61 Å². The van der Waals surface area contributed by atoms with Crippen LogP contribution in [0.25, 0.3) is 0 Å². The number of hydrogen-bond donors (Lipinski definition) is 5. The molecule has 0 aromatic heterocycles. The van der Waals surface area contributed by atoms with Crippen molar-refractivity contribution in [2.45, 2.75) is 63.0 Å². The van der Waals surface area contributed by atoms with Gasteiger partial charge in [-0.15, -0.1) is 0 Å². The maximum Gasteiger partial charge on any atom is 0.421 e. The van der Waals surface area contributed by atoms with Crippen LogP contribution in [-0.2, 0) is 72.1 Å².